The molecule has 0 saturated carbocycles. The fraction of sp³-hybridized carbons (Fsp3) is 0.154. The van der Waals surface area contributed by atoms with E-state index in [1.165, 1.54) is 21.9 Å². The molecule has 3 heteroatoms. The number of hydrogen-bond acceptors (Lipinski definition) is 2. The third-order valence-corrected chi connectivity index (χ3v) is 5.52. The zero-order valence-corrected chi connectivity index (χ0v) is 17.0. The van der Waals surface area contributed by atoms with Gasteiger partial charge in [-0.2, -0.15) is 0 Å². The molecule has 1 fully saturated rings. The first kappa shape index (κ1) is 19.5. The molecule has 1 heterocycles. The maximum Gasteiger partial charge on any atom is 0.127 e. The Morgan fingerprint density at radius 2 is 1.21 bits per heavy atom. The Balaban J connectivity index is 0.00000205. The molecule has 0 amide bonds. The van der Waals surface area contributed by atoms with E-state index < -0.39 is 0 Å². The van der Waals surface area contributed by atoms with Crippen LogP contribution in [-0.2, 0) is 0 Å². The smallest absolute Gasteiger partial charge is 0.127 e. The highest BCUT2D eigenvalue weighted by Gasteiger charge is 2.35. The van der Waals surface area contributed by atoms with Crippen LogP contribution in [0.1, 0.15) is 17.2 Å². The Labute approximate surface area is 178 Å². The van der Waals surface area contributed by atoms with Crippen LogP contribution >= 0.6 is 12.4 Å². The number of likely N-dealkylation sites (tertiary alicyclic amines) is 1. The Hall–Kier alpha value is -2.81. The second-order valence-electron chi connectivity index (χ2n) is 7.39. The fourth-order valence-corrected chi connectivity index (χ4v) is 4.12. The molecule has 5 rings (SSSR count). The Morgan fingerprint density at radius 3 is 1.86 bits per heavy atom. The molecule has 0 aliphatic carbocycles. The lowest BCUT2D eigenvalue weighted by atomic mass is 9.94. The van der Waals surface area contributed by atoms with E-state index in [-0.39, 0.29) is 24.6 Å². The molecule has 0 spiro atoms. The molecule has 0 N–H and O–H groups in total. The van der Waals surface area contributed by atoms with Crippen LogP contribution < -0.4 is 4.74 Å². The Bertz CT molecular complexity index is 1020. The van der Waals surface area contributed by atoms with Crippen molar-refractivity contribution < 1.29 is 4.74 Å². The molecule has 0 unspecified atom stereocenters. The van der Waals surface area contributed by atoms with Crippen molar-refractivity contribution >= 4 is 23.2 Å². The summed E-state index contributed by atoms with van der Waals surface area (Å²) < 4.78 is 6.37. The maximum absolute atomic E-state index is 6.37. The van der Waals surface area contributed by atoms with Gasteiger partial charge in [0, 0.05) is 18.5 Å². The van der Waals surface area contributed by atoms with Crippen molar-refractivity contribution in [3.05, 3.63) is 114 Å². The van der Waals surface area contributed by atoms with Crippen molar-refractivity contribution in [1.29, 1.82) is 0 Å². The summed E-state index contributed by atoms with van der Waals surface area (Å²) in [6.07, 6.45) is 0.223. The lowest BCUT2D eigenvalue weighted by molar-refractivity contribution is 0.00112. The maximum atomic E-state index is 6.37. The molecular formula is C26H24ClNO. The van der Waals surface area contributed by atoms with Gasteiger partial charge in [0.2, 0.25) is 0 Å². The van der Waals surface area contributed by atoms with Crippen molar-refractivity contribution in [2.75, 3.05) is 13.1 Å². The summed E-state index contributed by atoms with van der Waals surface area (Å²) in [4.78, 5) is 2.50. The lowest BCUT2D eigenvalue weighted by Gasteiger charge is -2.44. The highest BCUT2D eigenvalue weighted by atomic mass is 35.5. The normalized spacial score (nSPS) is 14.4. The minimum absolute atomic E-state index is 0. The van der Waals surface area contributed by atoms with Gasteiger partial charge in [0.05, 0.1) is 6.04 Å². The molecule has 1 saturated heterocycles. The monoisotopic (exact) mass is 401 g/mol. The molecular weight excluding hydrogens is 378 g/mol. The predicted molar refractivity (Wildman–Crippen MR) is 122 cm³/mol. The van der Waals surface area contributed by atoms with Crippen LogP contribution in [0.5, 0.6) is 5.75 Å². The molecule has 4 aromatic carbocycles. The predicted octanol–water partition coefficient (Wildman–Crippen LogP) is 6.11. The van der Waals surface area contributed by atoms with E-state index in [4.69, 9.17) is 4.74 Å². The quantitative estimate of drug-likeness (QED) is 0.399. The molecule has 0 radical (unpaired) electrons. The van der Waals surface area contributed by atoms with Gasteiger partial charge in [-0.15, -0.1) is 12.4 Å². The van der Waals surface area contributed by atoms with Crippen molar-refractivity contribution in [1.82, 2.24) is 4.90 Å². The van der Waals surface area contributed by atoms with Crippen LogP contribution in [0.3, 0.4) is 0 Å². The largest absolute Gasteiger partial charge is 0.487 e. The van der Waals surface area contributed by atoms with E-state index in [1.807, 2.05) is 0 Å². The summed E-state index contributed by atoms with van der Waals surface area (Å²) in [5.74, 6) is 0.985. The first-order valence-corrected chi connectivity index (χ1v) is 9.87. The summed E-state index contributed by atoms with van der Waals surface area (Å²) in [6, 6.07) is 36.5. The van der Waals surface area contributed by atoms with Gasteiger partial charge in [0.15, 0.2) is 0 Å². The van der Waals surface area contributed by atoms with Gasteiger partial charge in [-0.3, -0.25) is 4.90 Å². The molecule has 29 heavy (non-hydrogen) atoms. The zero-order chi connectivity index (χ0) is 18.8. The molecule has 0 aromatic heterocycles. The number of hydrogen-bond donors (Lipinski definition) is 0. The third-order valence-electron chi connectivity index (χ3n) is 5.52. The van der Waals surface area contributed by atoms with Crippen molar-refractivity contribution in [3.63, 3.8) is 0 Å². The summed E-state index contributed by atoms with van der Waals surface area (Å²) in [6.45, 7) is 1.86. The fourth-order valence-electron chi connectivity index (χ4n) is 4.12. The lowest BCUT2D eigenvalue weighted by Crippen LogP contribution is -2.55. The Kier molecular flexibility index (Phi) is 5.84. The van der Waals surface area contributed by atoms with Gasteiger partial charge in [0.1, 0.15) is 11.9 Å². The highest BCUT2D eigenvalue weighted by Crippen LogP contribution is 2.34. The van der Waals surface area contributed by atoms with Gasteiger partial charge in [0.25, 0.3) is 0 Å². The third kappa shape index (κ3) is 4.00. The molecule has 2 nitrogen and oxygen atoms in total. The molecule has 1 aliphatic heterocycles. The van der Waals surface area contributed by atoms with E-state index >= 15 is 0 Å². The molecule has 146 valence electrons. The highest BCUT2D eigenvalue weighted by molar-refractivity contribution is 5.88. The van der Waals surface area contributed by atoms with Crippen LogP contribution in [-0.4, -0.2) is 24.1 Å². The zero-order valence-electron chi connectivity index (χ0n) is 16.1. The van der Waals surface area contributed by atoms with Crippen LogP contribution in [0.15, 0.2) is 103 Å². The van der Waals surface area contributed by atoms with Gasteiger partial charge < -0.3 is 4.74 Å². The molecule has 0 bridgehead atoms. The van der Waals surface area contributed by atoms with E-state index in [2.05, 4.69) is 108 Å². The van der Waals surface area contributed by atoms with E-state index in [9.17, 15) is 0 Å². The second-order valence-corrected chi connectivity index (χ2v) is 7.39. The van der Waals surface area contributed by atoms with Crippen molar-refractivity contribution in [3.8, 4) is 5.75 Å². The van der Waals surface area contributed by atoms with E-state index in [0.717, 1.165) is 18.8 Å². The first-order valence-electron chi connectivity index (χ1n) is 9.87. The first-order chi connectivity index (χ1) is 13.9. The number of benzene rings is 4. The van der Waals surface area contributed by atoms with Crippen LogP contribution in [0.2, 0.25) is 0 Å². The number of ether oxygens (including phenoxy) is 1. The summed E-state index contributed by atoms with van der Waals surface area (Å²) in [7, 11) is 0. The molecule has 4 aromatic rings. The van der Waals surface area contributed by atoms with Gasteiger partial charge in [-0.25, -0.2) is 0 Å². The average Bonchev–Trinajstić information content (AvgIpc) is 2.74. The van der Waals surface area contributed by atoms with Crippen LogP contribution in [0, 0.1) is 0 Å². The van der Waals surface area contributed by atoms with E-state index in [1.54, 1.807) is 0 Å². The van der Waals surface area contributed by atoms with Crippen molar-refractivity contribution in [2.45, 2.75) is 12.1 Å². The number of halogens is 1. The summed E-state index contributed by atoms with van der Waals surface area (Å²) >= 11 is 0. The van der Waals surface area contributed by atoms with Gasteiger partial charge in [-0.05, 0) is 22.6 Å². The molecule has 0 atom stereocenters. The van der Waals surface area contributed by atoms with E-state index in [0.29, 0.717) is 0 Å². The number of nitrogens with zero attached hydrogens (tertiary/aromatic N) is 1. The number of rotatable bonds is 5. The van der Waals surface area contributed by atoms with Gasteiger partial charge in [-0.1, -0.05) is 97.1 Å². The van der Waals surface area contributed by atoms with Gasteiger partial charge >= 0.3 is 0 Å². The topological polar surface area (TPSA) is 12.5 Å². The van der Waals surface area contributed by atoms with Crippen molar-refractivity contribution in [2.24, 2.45) is 0 Å². The summed E-state index contributed by atoms with van der Waals surface area (Å²) in [5.41, 5.74) is 2.66. The van der Waals surface area contributed by atoms with Crippen LogP contribution in [0.25, 0.3) is 10.8 Å². The molecule has 1 aliphatic rings. The summed E-state index contributed by atoms with van der Waals surface area (Å²) in [5, 5.41) is 2.41. The minimum atomic E-state index is 0. The average molecular weight is 402 g/mol. The number of fused-ring (bicyclic) bond motifs is 1. The standard InChI is InChI=1S/C26H23NO.ClH/c1-3-11-21(12-4-1)26(22-13-5-2-6-14-22)27-18-23(19-27)28-25-17-9-15-20-10-7-8-16-24(20)25;/h1-17,23,26H,18-19H2;1H. The minimum Gasteiger partial charge on any atom is -0.487 e. The Morgan fingerprint density at radius 1 is 0.655 bits per heavy atom. The SMILES string of the molecule is Cl.c1ccc(C(c2ccccc2)N2CC(Oc3cccc4ccccc34)C2)cc1. The second kappa shape index (κ2) is 8.69. The van der Waals surface area contributed by atoms with Crippen LogP contribution in [0.4, 0.5) is 0 Å².